The van der Waals surface area contributed by atoms with Gasteiger partial charge in [-0.05, 0) is 37.1 Å². The third-order valence-electron chi connectivity index (χ3n) is 7.26. The second-order valence-corrected chi connectivity index (χ2v) is 9.46. The van der Waals surface area contributed by atoms with Crippen LogP contribution < -0.4 is 16.1 Å². The molecule has 0 radical (unpaired) electrons. The van der Waals surface area contributed by atoms with Crippen molar-refractivity contribution in [3.8, 4) is 11.3 Å². The van der Waals surface area contributed by atoms with Crippen molar-refractivity contribution in [1.29, 1.82) is 0 Å². The van der Waals surface area contributed by atoms with Gasteiger partial charge in [0.15, 0.2) is 0 Å². The molecule has 6 heterocycles. The zero-order valence-electron chi connectivity index (χ0n) is 20.5. The first-order chi connectivity index (χ1) is 18.0. The van der Waals surface area contributed by atoms with Gasteiger partial charge < -0.3 is 14.5 Å². The van der Waals surface area contributed by atoms with Crippen LogP contribution in [0.1, 0.15) is 25.8 Å². The number of likely N-dealkylation sites (tertiary alicyclic amines) is 1. The fraction of sp³-hybridized carbons (Fsp3) is 0.385. The van der Waals surface area contributed by atoms with Gasteiger partial charge in [0.05, 0.1) is 35.3 Å². The van der Waals surface area contributed by atoms with Gasteiger partial charge in [-0.15, -0.1) is 0 Å². The van der Waals surface area contributed by atoms with Gasteiger partial charge in [0.2, 0.25) is 5.91 Å². The summed E-state index contributed by atoms with van der Waals surface area (Å²) in [5.74, 6) is 0.906. The van der Waals surface area contributed by atoms with E-state index in [4.69, 9.17) is 9.72 Å². The number of fused-ring (bicyclic) bond motifs is 3. The molecule has 2 saturated heterocycles. The summed E-state index contributed by atoms with van der Waals surface area (Å²) >= 11 is 0. The number of carbonyl (C=O) groups excluding carboxylic acids is 1. The van der Waals surface area contributed by atoms with Crippen LogP contribution in [0.4, 0.5) is 5.82 Å². The molecule has 0 atom stereocenters. The third-order valence-corrected chi connectivity index (χ3v) is 7.26. The Morgan fingerprint density at radius 1 is 1.00 bits per heavy atom. The number of amides is 1. The first-order valence-corrected chi connectivity index (χ1v) is 12.5. The number of carbonyl (C=O) groups is 1. The molecule has 0 saturated carbocycles. The third kappa shape index (κ3) is 4.25. The number of H-pyrrole nitrogens is 1. The molecule has 1 N–H and O–H groups in total. The standard InChI is InChI=1S/C26H27N7O4/c1-16(34)31-8-6-18(7-9-31)33-24-19(25(35)30-26(33)36)15-27-21-4-3-20(29-23(21)24)17-2-5-22(28-14-17)32-10-12-37-13-11-32/h2-5,14-15,18H,6-13H2,1H3,(H,30,35,36). The van der Waals surface area contributed by atoms with Crippen molar-refractivity contribution in [2.24, 2.45) is 0 Å². The van der Waals surface area contributed by atoms with Crippen molar-refractivity contribution in [3.63, 3.8) is 0 Å². The largest absolute Gasteiger partial charge is 0.378 e. The molecule has 2 aliphatic rings. The van der Waals surface area contributed by atoms with Crippen LogP contribution in [0.15, 0.2) is 46.2 Å². The molecule has 2 fully saturated rings. The summed E-state index contributed by atoms with van der Waals surface area (Å²) in [6.45, 7) is 5.63. The minimum atomic E-state index is -0.490. The lowest BCUT2D eigenvalue weighted by Gasteiger charge is -2.32. The monoisotopic (exact) mass is 501 g/mol. The molecule has 190 valence electrons. The highest BCUT2D eigenvalue weighted by Gasteiger charge is 2.26. The van der Waals surface area contributed by atoms with E-state index >= 15 is 0 Å². The SMILES string of the molecule is CC(=O)N1CCC(n2c(=O)[nH]c(=O)c3cnc4ccc(-c5ccc(N6CCOCC6)nc5)nc4c32)CC1. The summed E-state index contributed by atoms with van der Waals surface area (Å²) in [5.41, 5.74) is 2.08. The molecule has 37 heavy (non-hydrogen) atoms. The average Bonchev–Trinajstić information content (AvgIpc) is 2.93. The molecule has 6 rings (SSSR count). The zero-order chi connectivity index (χ0) is 25.5. The molecular weight excluding hydrogens is 474 g/mol. The highest BCUT2D eigenvalue weighted by Crippen LogP contribution is 2.29. The van der Waals surface area contributed by atoms with E-state index in [1.165, 1.54) is 6.20 Å². The quantitative estimate of drug-likeness (QED) is 0.421. The summed E-state index contributed by atoms with van der Waals surface area (Å²) in [7, 11) is 0. The lowest BCUT2D eigenvalue weighted by Crippen LogP contribution is -2.41. The van der Waals surface area contributed by atoms with Crippen LogP contribution in [0.5, 0.6) is 0 Å². The molecule has 11 heteroatoms. The number of nitrogens with zero attached hydrogens (tertiary/aromatic N) is 6. The lowest BCUT2D eigenvalue weighted by atomic mass is 10.0. The van der Waals surface area contributed by atoms with Crippen molar-refractivity contribution >= 4 is 33.7 Å². The van der Waals surface area contributed by atoms with E-state index in [1.807, 2.05) is 24.3 Å². The molecule has 4 aromatic rings. The summed E-state index contributed by atoms with van der Waals surface area (Å²) in [5, 5.41) is 0.312. The predicted molar refractivity (Wildman–Crippen MR) is 139 cm³/mol. The van der Waals surface area contributed by atoms with Gasteiger partial charge >= 0.3 is 5.69 Å². The van der Waals surface area contributed by atoms with Crippen molar-refractivity contribution < 1.29 is 9.53 Å². The Morgan fingerprint density at radius 3 is 2.49 bits per heavy atom. The number of anilines is 1. The van der Waals surface area contributed by atoms with E-state index in [2.05, 4.69) is 19.9 Å². The van der Waals surface area contributed by atoms with Crippen molar-refractivity contribution in [3.05, 3.63) is 57.5 Å². The van der Waals surface area contributed by atoms with Gasteiger partial charge in [-0.3, -0.25) is 24.1 Å². The number of nitrogens with one attached hydrogen (secondary N) is 1. The van der Waals surface area contributed by atoms with Crippen LogP contribution in [0.2, 0.25) is 0 Å². The molecule has 1 amide bonds. The summed E-state index contributed by atoms with van der Waals surface area (Å²) in [6, 6.07) is 7.49. The Morgan fingerprint density at radius 2 is 1.78 bits per heavy atom. The molecule has 4 aromatic heterocycles. The van der Waals surface area contributed by atoms with Crippen LogP contribution in [0.3, 0.4) is 0 Å². The maximum absolute atomic E-state index is 13.1. The molecular formula is C26H27N7O4. The zero-order valence-corrected chi connectivity index (χ0v) is 20.5. The number of hydrogen-bond acceptors (Lipinski definition) is 8. The predicted octanol–water partition coefficient (Wildman–Crippen LogP) is 1.72. The van der Waals surface area contributed by atoms with Crippen LogP contribution >= 0.6 is 0 Å². The molecule has 0 unspecified atom stereocenters. The maximum atomic E-state index is 13.1. The fourth-order valence-electron chi connectivity index (χ4n) is 5.25. The molecule has 0 aromatic carbocycles. The second kappa shape index (κ2) is 9.40. The van der Waals surface area contributed by atoms with Crippen molar-refractivity contribution in [1.82, 2.24) is 29.4 Å². The van der Waals surface area contributed by atoms with E-state index in [1.54, 1.807) is 22.6 Å². The fourth-order valence-corrected chi connectivity index (χ4v) is 5.25. The van der Waals surface area contributed by atoms with Gasteiger partial charge in [0.1, 0.15) is 11.3 Å². The van der Waals surface area contributed by atoms with Crippen molar-refractivity contribution in [2.75, 3.05) is 44.3 Å². The van der Waals surface area contributed by atoms with Crippen LogP contribution in [0.25, 0.3) is 33.2 Å². The number of hydrogen-bond donors (Lipinski definition) is 1. The van der Waals surface area contributed by atoms with E-state index in [0.717, 1.165) is 24.5 Å². The average molecular weight is 502 g/mol. The Balaban J connectivity index is 1.45. The highest BCUT2D eigenvalue weighted by atomic mass is 16.5. The van der Waals surface area contributed by atoms with Crippen LogP contribution in [0, 0.1) is 0 Å². The number of aromatic amines is 1. The molecule has 2 aliphatic heterocycles. The first kappa shape index (κ1) is 23.3. The first-order valence-electron chi connectivity index (χ1n) is 12.5. The van der Waals surface area contributed by atoms with Crippen LogP contribution in [-0.2, 0) is 9.53 Å². The molecule has 0 spiro atoms. The van der Waals surface area contributed by atoms with E-state index < -0.39 is 11.2 Å². The van der Waals surface area contributed by atoms with E-state index in [0.29, 0.717) is 66.8 Å². The Labute approximate surface area is 211 Å². The number of rotatable bonds is 3. The number of aromatic nitrogens is 5. The number of morpholine rings is 1. The van der Waals surface area contributed by atoms with Crippen LogP contribution in [-0.4, -0.2) is 74.7 Å². The normalized spacial score (nSPS) is 17.0. The van der Waals surface area contributed by atoms with Gasteiger partial charge in [-0.1, -0.05) is 0 Å². The Hall–Kier alpha value is -4.12. The topological polar surface area (TPSA) is 126 Å². The Kier molecular flexibility index (Phi) is 5.91. The smallest absolute Gasteiger partial charge is 0.329 e. The van der Waals surface area contributed by atoms with Crippen molar-refractivity contribution in [2.45, 2.75) is 25.8 Å². The molecule has 11 nitrogen and oxygen atoms in total. The highest BCUT2D eigenvalue weighted by molar-refractivity contribution is 6.01. The molecule has 0 aliphatic carbocycles. The minimum absolute atomic E-state index is 0.0197. The molecule has 0 bridgehead atoms. The summed E-state index contributed by atoms with van der Waals surface area (Å²) in [6.07, 6.45) is 4.50. The second-order valence-electron chi connectivity index (χ2n) is 9.46. The number of ether oxygens (including phenoxy) is 1. The Bertz CT molecular complexity index is 1600. The number of pyridine rings is 3. The lowest BCUT2D eigenvalue weighted by molar-refractivity contribution is -0.130. The van der Waals surface area contributed by atoms with Gasteiger partial charge in [0.25, 0.3) is 5.56 Å². The maximum Gasteiger partial charge on any atom is 0.329 e. The summed E-state index contributed by atoms with van der Waals surface area (Å²) in [4.78, 5) is 58.0. The minimum Gasteiger partial charge on any atom is -0.378 e. The van der Waals surface area contributed by atoms with Gasteiger partial charge in [-0.25, -0.2) is 14.8 Å². The van der Waals surface area contributed by atoms with Gasteiger partial charge in [0, 0.05) is 57.1 Å². The van der Waals surface area contributed by atoms with E-state index in [9.17, 15) is 14.4 Å². The van der Waals surface area contributed by atoms with Gasteiger partial charge in [-0.2, -0.15) is 0 Å². The van der Waals surface area contributed by atoms with E-state index in [-0.39, 0.29) is 11.9 Å². The number of piperidine rings is 1. The summed E-state index contributed by atoms with van der Waals surface area (Å²) < 4.78 is 7.06.